The van der Waals surface area contributed by atoms with Crippen LogP contribution in [0.2, 0.25) is 0 Å². The summed E-state index contributed by atoms with van der Waals surface area (Å²) in [6, 6.07) is 22.4. The Hall–Kier alpha value is -3.27. The zero-order chi connectivity index (χ0) is 16.9. The summed E-state index contributed by atoms with van der Waals surface area (Å²) in [6.07, 6.45) is 0.667. The number of nitrogen functional groups attached to an aromatic ring is 1. The number of aromatic hydroxyl groups is 1. The lowest BCUT2D eigenvalue weighted by Gasteiger charge is -2.09. The summed E-state index contributed by atoms with van der Waals surface area (Å²) in [5.41, 5.74) is 16.2. The van der Waals surface area contributed by atoms with Gasteiger partial charge in [0.25, 0.3) is 0 Å². The van der Waals surface area contributed by atoms with Crippen molar-refractivity contribution in [2.24, 2.45) is 10.7 Å². The third-order valence-electron chi connectivity index (χ3n) is 3.85. The molecule has 120 valence electrons. The molecule has 0 aliphatic carbocycles. The van der Waals surface area contributed by atoms with Crippen LogP contribution in [-0.4, -0.2) is 10.9 Å². The smallest absolute Gasteiger partial charge is 0.135 e. The largest absolute Gasteiger partial charge is 0.507 e. The molecule has 0 spiro atoms. The molecule has 0 unspecified atom stereocenters. The molecular formula is C20H19N3O. The quantitative estimate of drug-likeness (QED) is 0.390. The average molecular weight is 317 g/mol. The Morgan fingerprint density at radius 2 is 1.46 bits per heavy atom. The van der Waals surface area contributed by atoms with E-state index in [0.717, 1.165) is 22.5 Å². The van der Waals surface area contributed by atoms with Crippen molar-refractivity contribution in [3.8, 4) is 5.75 Å². The van der Waals surface area contributed by atoms with Gasteiger partial charge in [0.15, 0.2) is 0 Å². The number of hydrogen-bond acceptors (Lipinski definition) is 3. The lowest BCUT2D eigenvalue weighted by molar-refractivity contribution is 0.474. The van der Waals surface area contributed by atoms with Gasteiger partial charge in [0.05, 0.1) is 11.3 Å². The highest BCUT2D eigenvalue weighted by molar-refractivity contribution is 6.01. The zero-order valence-corrected chi connectivity index (χ0v) is 13.2. The van der Waals surface area contributed by atoms with Crippen molar-refractivity contribution >= 4 is 17.2 Å². The van der Waals surface area contributed by atoms with Crippen LogP contribution in [-0.2, 0) is 6.42 Å². The third kappa shape index (κ3) is 3.38. The van der Waals surface area contributed by atoms with Gasteiger partial charge in [0, 0.05) is 12.1 Å². The molecule has 0 aliphatic rings. The molecule has 0 amide bonds. The molecule has 0 saturated heterocycles. The van der Waals surface area contributed by atoms with E-state index in [4.69, 9.17) is 11.5 Å². The minimum atomic E-state index is 0.114. The van der Waals surface area contributed by atoms with E-state index in [0.29, 0.717) is 12.0 Å². The fraction of sp³-hybridized carbons (Fsp3) is 0.0500. The van der Waals surface area contributed by atoms with Crippen LogP contribution in [0.15, 0.2) is 77.8 Å². The van der Waals surface area contributed by atoms with Crippen LogP contribution in [0.25, 0.3) is 0 Å². The molecule has 0 bridgehead atoms. The average Bonchev–Trinajstić information content (AvgIpc) is 2.59. The summed E-state index contributed by atoms with van der Waals surface area (Å²) in [4.78, 5) is 4.51. The molecule has 0 saturated carbocycles. The van der Waals surface area contributed by atoms with Gasteiger partial charge in [-0.3, -0.25) is 0 Å². The van der Waals surface area contributed by atoms with E-state index in [1.807, 2.05) is 54.6 Å². The number of hydrogen-bond donors (Lipinski definition) is 3. The van der Waals surface area contributed by atoms with E-state index in [2.05, 4.69) is 4.99 Å². The van der Waals surface area contributed by atoms with Crippen LogP contribution in [0, 0.1) is 0 Å². The number of nitrogens with two attached hydrogens (primary N) is 2. The topological polar surface area (TPSA) is 84.6 Å². The first-order chi connectivity index (χ1) is 11.6. The summed E-state index contributed by atoms with van der Waals surface area (Å²) >= 11 is 0. The number of anilines is 1. The van der Waals surface area contributed by atoms with Crippen LogP contribution in [0.4, 0.5) is 11.4 Å². The van der Waals surface area contributed by atoms with Crippen molar-refractivity contribution in [3.05, 3.63) is 89.5 Å². The molecule has 3 rings (SSSR count). The van der Waals surface area contributed by atoms with Crippen LogP contribution < -0.4 is 11.5 Å². The zero-order valence-electron chi connectivity index (χ0n) is 13.2. The van der Waals surface area contributed by atoms with Gasteiger partial charge in [-0.15, -0.1) is 0 Å². The summed E-state index contributed by atoms with van der Waals surface area (Å²) in [5, 5.41) is 9.92. The monoisotopic (exact) mass is 317 g/mol. The van der Waals surface area contributed by atoms with Crippen molar-refractivity contribution in [3.63, 3.8) is 0 Å². The first-order valence-electron chi connectivity index (χ1n) is 7.69. The Morgan fingerprint density at radius 3 is 2.21 bits per heavy atom. The molecule has 3 aromatic rings. The first kappa shape index (κ1) is 15.6. The first-order valence-corrected chi connectivity index (χ1v) is 7.69. The Balaban J connectivity index is 1.97. The molecule has 4 heteroatoms. The Morgan fingerprint density at radius 1 is 0.833 bits per heavy atom. The maximum absolute atomic E-state index is 9.92. The number of phenols is 1. The standard InChI is InChI=1S/C20H19N3O/c21-17-10-4-1-7-14(17)13-15-8-2-5-11-18(15)23-20(22)16-9-3-6-12-19(16)24/h1-12,24H,13,21H2,(H2,22,23). The van der Waals surface area contributed by atoms with Crippen molar-refractivity contribution in [2.75, 3.05) is 5.73 Å². The number of para-hydroxylation sites is 3. The molecule has 0 fully saturated rings. The number of aliphatic imine (C=N–C) groups is 1. The molecule has 0 heterocycles. The van der Waals surface area contributed by atoms with E-state index >= 15 is 0 Å². The number of amidine groups is 1. The normalized spacial score (nSPS) is 11.4. The number of phenolic OH excluding ortho intramolecular Hbond substituents is 1. The van der Waals surface area contributed by atoms with Gasteiger partial charge >= 0.3 is 0 Å². The second kappa shape index (κ2) is 6.87. The maximum Gasteiger partial charge on any atom is 0.135 e. The van der Waals surface area contributed by atoms with Gasteiger partial charge in [0.1, 0.15) is 11.6 Å². The molecule has 4 nitrogen and oxygen atoms in total. The van der Waals surface area contributed by atoms with E-state index in [-0.39, 0.29) is 11.6 Å². The predicted molar refractivity (Wildman–Crippen MR) is 98.6 cm³/mol. The minimum Gasteiger partial charge on any atom is -0.507 e. The van der Waals surface area contributed by atoms with Gasteiger partial charge < -0.3 is 16.6 Å². The van der Waals surface area contributed by atoms with E-state index < -0.39 is 0 Å². The van der Waals surface area contributed by atoms with E-state index in [1.54, 1.807) is 18.2 Å². The molecule has 0 aliphatic heterocycles. The van der Waals surface area contributed by atoms with E-state index in [9.17, 15) is 5.11 Å². The Kier molecular flexibility index (Phi) is 4.47. The Labute approximate surface area is 141 Å². The van der Waals surface area contributed by atoms with Gasteiger partial charge in [-0.25, -0.2) is 4.99 Å². The van der Waals surface area contributed by atoms with Crippen LogP contribution in [0.3, 0.4) is 0 Å². The summed E-state index contributed by atoms with van der Waals surface area (Å²) in [6.45, 7) is 0. The summed E-state index contributed by atoms with van der Waals surface area (Å²) in [5.74, 6) is 0.394. The van der Waals surface area contributed by atoms with Gasteiger partial charge in [0.2, 0.25) is 0 Å². The molecule has 3 aromatic carbocycles. The SMILES string of the molecule is NC(=Nc1ccccc1Cc1ccccc1N)c1ccccc1O. The van der Waals surface area contributed by atoms with Gasteiger partial charge in [-0.1, -0.05) is 48.5 Å². The minimum absolute atomic E-state index is 0.114. The number of rotatable bonds is 4. The molecule has 0 atom stereocenters. The second-order valence-corrected chi connectivity index (χ2v) is 5.52. The molecular weight excluding hydrogens is 298 g/mol. The van der Waals surface area contributed by atoms with E-state index in [1.165, 1.54) is 0 Å². The van der Waals surface area contributed by atoms with Crippen LogP contribution in [0.1, 0.15) is 16.7 Å². The van der Waals surface area contributed by atoms with Gasteiger partial charge in [-0.2, -0.15) is 0 Å². The van der Waals surface area contributed by atoms with Gasteiger partial charge in [-0.05, 0) is 35.4 Å². The Bertz CT molecular complexity index is 887. The number of benzene rings is 3. The van der Waals surface area contributed by atoms with Crippen molar-refractivity contribution in [1.82, 2.24) is 0 Å². The highest BCUT2D eigenvalue weighted by Gasteiger charge is 2.08. The molecule has 5 N–H and O–H groups in total. The fourth-order valence-corrected chi connectivity index (χ4v) is 2.55. The van der Waals surface area contributed by atoms with Crippen LogP contribution in [0.5, 0.6) is 5.75 Å². The highest BCUT2D eigenvalue weighted by atomic mass is 16.3. The molecule has 0 radical (unpaired) electrons. The molecule has 0 aromatic heterocycles. The van der Waals surface area contributed by atoms with Crippen molar-refractivity contribution in [2.45, 2.75) is 6.42 Å². The molecule has 24 heavy (non-hydrogen) atoms. The highest BCUT2D eigenvalue weighted by Crippen LogP contribution is 2.25. The lowest BCUT2D eigenvalue weighted by atomic mass is 10.0. The lowest BCUT2D eigenvalue weighted by Crippen LogP contribution is -2.13. The number of nitrogens with zero attached hydrogens (tertiary/aromatic N) is 1. The summed E-state index contributed by atoms with van der Waals surface area (Å²) in [7, 11) is 0. The van der Waals surface area contributed by atoms with Crippen molar-refractivity contribution in [1.29, 1.82) is 0 Å². The van der Waals surface area contributed by atoms with Crippen molar-refractivity contribution < 1.29 is 5.11 Å². The van der Waals surface area contributed by atoms with Crippen LogP contribution >= 0.6 is 0 Å². The third-order valence-corrected chi connectivity index (χ3v) is 3.85. The summed E-state index contributed by atoms with van der Waals surface area (Å²) < 4.78 is 0. The second-order valence-electron chi connectivity index (χ2n) is 5.52. The fourth-order valence-electron chi connectivity index (χ4n) is 2.55. The maximum atomic E-state index is 9.92. The predicted octanol–water partition coefficient (Wildman–Crippen LogP) is 3.60.